The van der Waals surface area contributed by atoms with Gasteiger partial charge in [0.25, 0.3) is 0 Å². The predicted molar refractivity (Wildman–Crippen MR) is 82.9 cm³/mol. The van der Waals surface area contributed by atoms with E-state index in [4.69, 9.17) is 10.2 Å². The molecule has 0 unspecified atom stereocenters. The molecule has 0 atom stereocenters. The molecule has 21 heavy (non-hydrogen) atoms. The Morgan fingerprint density at radius 3 is 1.19 bits per heavy atom. The van der Waals surface area contributed by atoms with Crippen molar-refractivity contribution >= 4 is 53.6 Å². The summed E-state index contributed by atoms with van der Waals surface area (Å²) in [6, 6.07) is 13.0. The van der Waals surface area contributed by atoms with E-state index in [2.05, 4.69) is 0 Å². The molecule has 5 heteroatoms. The van der Waals surface area contributed by atoms with Crippen LogP contribution < -0.4 is 0 Å². The van der Waals surface area contributed by atoms with Crippen LogP contribution in [0.15, 0.2) is 48.5 Å². The monoisotopic (exact) mass is 292 g/mol. The fourth-order valence-corrected chi connectivity index (χ4v) is 1.67. The Hall–Kier alpha value is -1.88. The van der Waals surface area contributed by atoms with Crippen LogP contribution in [-0.2, 0) is 0 Å². The fourth-order valence-electron chi connectivity index (χ4n) is 1.67. The van der Waals surface area contributed by atoms with E-state index in [-0.39, 0.29) is 40.7 Å². The van der Waals surface area contributed by atoms with Crippen LogP contribution in [0, 0.1) is 0 Å². The summed E-state index contributed by atoms with van der Waals surface area (Å²) in [7, 11) is 0. The number of hydrogen-bond donors (Lipinski definition) is 2. The number of carboxylic acids is 2. The summed E-state index contributed by atoms with van der Waals surface area (Å²) >= 11 is 0. The van der Waals surface area contributed by atoms with Gasteiger partial charge in [0.1, 0.15) is 0 Å². The van der Waals surface area contributed by atoms with Crippen molar-refractivity contribution in [3.63, 3.8) is 0 Å². The van der Waals surface area contributed by atoms with Crippen molar-refractivity contribution in [1.82, 2.24) is 0 Å². The summed E-state index contributed by atoms with van der Waals surface area (Å²) in [5.41, 5.74) is 2.23. The van der Waals surface area contributed by atoms with E-state index in [1.54, 1.807) is 24.3 Å². The molecule has 0 fully saturated rings. The van der Waals surface area contributed by atoms with Crippen LogP contribution >= 0.6 is 0 Å². The van der Waals surface area contributed by atoms with Gasteiger partial charge in [0.15, 0.2) is 0 Å². The molecule has 2 rings (SSSR count). The molecule has 0 spiro atoms. The Kier molecular flexibility index (Phi) is 6.37. The predicted octanol–water partition coefficient (Wildman–Crippen LogP) is 2.60. The Balaban J connectivity index is 0.00000220. The molecule has 0 amide bonds. The molecule has 4 nitrogen and oxygen atoms in total. The van der Waals surface area contributed by atoms with Crippen molar-refractivity contribution in [2.24, 2.45) is 0 Å². The number of carbonyl (C=O) groups is 2. The van der Waals surface area contributed by atoms with Crippen LogP contribution in [0.4, 0.5) is 0 Å². The van der Waals surface area contributed by atoms with Crippen molar-refractivity contribution in [3.8, 4) is 0 Å². The number of benzene rings is 2. The topological polar surface area (TPSA) is 74.6 Å². The minimum absolute atomic E-state index is 0. The summed E-state index contributed by atoms with van der Waals surface area (Å²) in [4.78, 5) is 21.4. The molecular weight excluding hydrogens is 279 g/mol. The first-order chi connectivity index (χ1) is 9.56. The van der Waals surface area contributed by atoms with Crippen LogP contribution in [0.2, 0.25) is 0 Å². The molecule has 0 aliphatic heterocycles. The van der Waals surface area contributed by atoms with Crippen LogP contribution in [-0.4, -0.2) is 51.7 Å². The summed E-state index contributed by atoms with van der Waals surface area (Å²) in [5, 5.41) is 17.6. The molecule has 2 aromatic rings. The maximum atomic E-state index is 10.7. The number of rotatable bonds is 4. The number of hydrogen-bond acceptors (Lipinski definition) is 2. The molecule has 0 aromatic heterocycles. The molecule has 0 heterocycles. The van der Waals surface area contributed by atoms with E-state index >= 15 is 0 Å². The normalized spacial score (nSPS) is 10.1. The summed E-state index contributed by atoms with van der Waals surface area (Å²) in [6.07, 6.45) is 3.67. The second-order valence-electron chi connectivity index (χ2n) is 4.19. The van der Waals surface area contributed by atoms with E-state index in [9.17, 15) is 9.59 Å². The van der Waals surface area contributed by atoms with Crippen LogP contribution in [0.5, 0.6) is 0 Å². The Morgan fingerprint density at radius 2 is 0.952 bits per heavy atom. The van der Waals surface area contributed by atoms with Gasteiger partial charge in [-0.05, 0) is 35.4 Å². The second-order valence-corrected chi connectivity index (χ2v) is 4.19. The molecule has 2 N–H and O–H groups in total. The third-order valence-corrected chi connectivity index (χ3v) is 2.78. The Morgan fingerprint density at radius 1 is 0.667 bits per heavy atom. The first kappa shape index (κ1) is 17.2. The van der Waals surface area contributed by atoms with Gasteiger partial charge in [-0.2, -0.15) is 0 Å². The average Bonchev–Trinajstić information content (AvgIpc) is 2.46. The van der Waals surface area contributed by atoms with E-state index in [1.807, 2.05) is 12.2 Å². The van der Waals surface area contributed by atoms with Crippen molar-refractivity contribution in [2.75, 3.05) is 0 Å². The summed E-state index contributed by atoms with van der Waals surface area (Å²) < 4.78 is 0. The summed E-state index contributed by atoms with van der Waals surface area (Å²) in [6.45, 7) is 0. The van der Waals surface area contributed by atoms with Gasteiger partial charge in [0, 0.05) is 0 Å². The maximum absolute atomic E-state index is 10.7. The third kappa shape index (κ3) is 4.86. The second kappa shape index (κ2) is 7.78. The Bertz CT molecular complexity index is 598. The molecule has 0 saturated heterocycles. The van der Waals surface area contributed by atoms with Gasteiger partial charge in [-0.15, -0.1) is 0 Å². The molecule has 0 bridgehead atoms. The van der Waals surface area contributed by atoms with Gasteiger partial charge in [-0.1, -0.05) is 36.4 Å². The fraction of sp³-hybridized carbons (Fsp3) is 0. The van der Waals surface area contributed by atoms with Gasteiger partial charge in [-0.25, -0.2) is 9.59 Å². The molecule has 0 saturated carbocycles. The van der Waals surface area contributed by atoms with Gasteiger partial charge >= 0.3 is 41.5 Å². The summed E-state index contributed by atoms with van der Waals surface area (Å²) in [5.74, 6) is -1.91. The first-order valence-corrected chi connectivity index (χ1v) is 5.91. The molecule has 0 aliphatic carbocycles. The van der Waals surface area contributed by atoms with Crippen molar-refractivity contribution in [2.45, 2.75) is 0 Å². The van der Waals surface area contributed by atoms with E-state index in [0.717, 1.165) is 11.1 Å². The zero-order valence-corrected chi connectivity index (χ0v) is 10.5. The minimum atomic E-state index is -0.954. The van der Waals surface area contributed by atoms with Gasteiger partial charge in [-0.3, -0.25) is 0 Å². The third-order valence-electron chi connectivity index (χ3n) is 2.78. The van der Waals surface area contributed by atoms with E-state index < -0.39 is 11.9 Å². The molecule has 102 valence electrons. The average molecular weight is 292 g/mol. The quantitative estimate of drug-likeness (QED) is 0.671. The number of carboxylic acid groups (broad SMARTS) is 2. The van der Waals surface area contributed by atoms with Crippen LogP contribution in [0.1, 0.15) is 31.8 Å². The molecule has 2 aromatic carbocycles. The van der Waals surface area contributed by atoms with Crippen molar-refractivity contribution < 1.29 is 19.8 Å². The van der Waals surface area contributed by atoms with E-state index in [1.165, 1.54) is 24.3 Å². The zero-order chi connectivity index (χ0) is 14.5. The Labute approximate surface area is 144 Å². The van der Waals surface area contributed by atoms with Crippen LogP contribution in [0.25, 0.3) is 12.2 Å². The molecule has 0 aliphatic rings. The number of aromatic carboxylic acids is 2. The van der Waals surface area contributed by atoms with Crippen molar-refractivity contribution in [3.05, 3.63) is 70.8 Å². The van der Waals surface area contributed by atoms with Gasteiger partial charge < -0.3 is 10.2 Å². The van der Waals surface area contributed by atoms with Gasteiger partial charge in [0.05, 0.1) is 11.1 Å². The molecular formula is C16H13NaO4. The SMILES string of the molecule is O=C(O)c1ccc(C=Cc2ccc(C(=O)O)cc2)cc1.[NaH]. The van der Waals surface area contributed by atoms with Crippen LogP contribution in [0.3, 0.4) is 0 Å². The molecule has 0 radical (unpaired) electrons. The van der Waals surface area contributed by atoms with E-state index in [0.29, 0.717) is 0 Å². The van der Waals surface area contributed by atoms with Gasteiger partial charge in [0.2, 0.25) is 0 Å². The van der Waals surface area contributed by atoms with Crippen molar-refractivity contribution in [1.29, 1.82) is 0 Å². The first-order valence-electron chi connectivity index (χ1n) is 5.91. The standard InChI is InChI=1S/C16H12O4.Na.H/c17-15(18)13-7-3-11(4-8-13)1-2-12-5-9-14(10-6-12)16(19)20;;/h1-10H,(H,17,18)(H,19,20);;. The zero-order valence-electron chi connectivity index (χ0n) is 10.5.